The maximum Gasteiger partial charge on any atom is 0.259 e. The second kappa shape index (κ2) is 4.08. The van der Waals surface area contributed by atoms with Crippen LogP contribution in [0.3, 0.4) is 0 Å². The molecule has 0 unspecified atom stereocenters. The van der Waals surface area contributed by atoms with Crippen molar-refractivity contribution in [1.82, 2.24) is 9.97 Å². The second-order valence-electron chi connectivity index (χ2n) is 2.75. The lowest BCUT2D eigenvalue weighted by molar-refractivity contribution is 0.328. The zero-order valence-corrected chi connectivity index (χ0v) is 8.54. The smallest absolute Gasteiger partial charge is 0.259 e. The minimum Gasteiger partial charge on any atom is -0.479 e. The first-order chi connectivity index (χ1) is 6.60. The van der Waals surface area contributed by atoms with Crippen molar-refractivity contribution in [3.63, 3.8) is 0 Å². The molecular weight excluding hydrogens is 189 g/mol. The maximum absolute atomic E-state index is 13.3. The molecule has 0 radical (unpaired) electrons. The summed E-state index contributed by atoms with van der Waals surface area (Å²) in [4.78, 5) is 9.30. The van der Waals surface area contributed by atoms with E-state index in [0.717, 1.165) is 0 Å². The Morgan fingerprint density at radius 3 is 1.79 bits per heavy atom. The van der Waals surface area contributed by atoms with Gasteiger partial charge in [-0.15, -0.1) is 0 Å². The van der Waals surface area contributed by atoms with Crippen molar-refractivity contribution in [3.8, 4) is 11.8 Å². The van der Waals surface area contributed by atoms with Crippen molar-refractivity contribution >= 4 is 5.95 Å². The SMILES string of the molecule is COc1nc(N(C)C)nc(OC)c1F. The van der Waals surface area contributed by atoms with Crippen molar-refractivity contribution in [2.45, 2.75) is 0 Å². The Balaban J connectivity index is 3.25. The summed E-state index contributed by atoms with van der Waals surface area (Å²) >= 11 is 0. The number of ether oxygens (including phenoxy) is 2. The van der Waals surface area contributed by atoms with Gasteiger partial charge in [0, 0.05) is 14.1 Å². The van der Waals surface area contributed by atoms with Gasteiger partial charge < -0.3 is 14.4 Å². The number of hydrogen-bond donors (Lipinski definition) is 0. The Morgan fingerprint density at radius 2 is 1.50 bits per heavy atom. The van der Waals surface area contributed by atoms with E-state index in [4.69, 9.17) is 9.47 Å². The number of hydrogen-bond acceptors (Lipinski definition) is 5. The molecule has 1 aromatic heterocycles. The van der Waals surface area contributed by atoms with Crippen LogP contribution in [0.4, 0.5) is 10.3 Å². The van der Waals surface area contributed by atoms with E-state index in [2.05, 4.69) is 9.97 Å². The van der Waals surface area contributed by atoms with Gasteiger partial charge in [0.2, 0.25) is 11.8 Å². The standard InChI is InChI=1S/C8H12FN3O2/c1-12(2)8-10-6(13-3)5(9)7(11-8)14-4/h1-4H3. The molecular formula is C8H12FN3O2. The zero-order valence-electron chi connectivity index (χ0n) is 8.54. The van der Waals surface area contributed by atoms with Crippen LogP contribution >= 0.6 is 0 Å². The van der Waals surface area contributed by atoms with Crippen LogP contribution in [0.5, 0.6) is 11.8 Å². The van der Waals surface area contributed by atoms with Gasteiger partial charge in [-0.05, 0) is 0 Å². The van der Waals surface area contributed by atoms with Gasteiger partial charge in [-0.25, -0.2) is 0 Å². The van der Waals surface area contributed by atoms with Gasteiger partial charge in [0.05, 0.1) is 14.2 Å². The van der Waals surface area contributed by atoms with Crippen LogP contribution in [0.2, 0.25) is 0 Å². The van der Waals surface area contributed by atoms with Gasteiger partial charge in [0.1, 0.15) is 0 Å². The van der Waals surface area contributed by atoms with E-state index < -0.39 is 5.82 Å². The van der Waals surface area contributed by atoms with Crippen molar-refractivity contribution in [3.05, 3.63) is 5.82 Å². The van der Waals surface area contributed by atoms with Crippen LogP contribution in [0.1, 0.15) is 0 Å². The molecule has 1 heterocycles. The molecule has 0 fully saturated rings. The summed E-state index contributed by atoms with van der Waals surface area (Å²) in [5.41, 5.74) is 0. The minimum absolute atomic E-state index is 0.124. The summed E-state index contributed by atoms with van der Waals surface area (Å²) in [7, 11) is 6.16. The molecule has 0 amide bonds. The highest BCUT2D eigenvalue weighted by molar-refractivity contribution is 5.36. The molecule has 0 bridgehead atoms. The first-order valence-electron chi connectivity index (χ1n) is 3.93. The first kappa shape index (κ1) is 10.5. The van der Waals surface area contributed by atoms with Gasteiger partial charge in [0.25, 0.3) is 11.8 Å². The Hall–Kier alpha value is -1.59. The number of rotatable bonds is 3. The van der Waals surface area contributed by atoms with Crippen molar-refractivity contribution in [1.29, 1.82) is 0 Å². The van der Waals surface area contributed by atoms with Crippen LogP contribution in [-0.2, 0) is 0 Å². The largest absolute Gasteiger partial charge is 0.479 e. The van der Waals surface area contributed by atoms with E-state index in [0.29, 0.717) is 5.95 Å². The summed E-state index contributed by atoms with van der Waals surface area (Å²) < 4.78 is 22.8. The Morgan fingerprint density at radius 1 is 1.07 bits per heavy atom. The molecule has 0 N–H and O–H groups in total. The molecule has 0 saturated carbocycles. The summed E-state index contributed by atoms with van der Waals surface area (Å²) in [5, 5.41) is 0. The van der Waals surface area contributed by atoms with Crippen LogP contribution in [-0.4, -0.2) is 38.3 Å². The lowest BCUT2D eigenvalue weighted by Crippen LogP contribution is -2.14. The molecule has 0 saturated heterocycles. The average molecular weight is 201 g/mol. The normalized spacial score (nSPS) is 9.79. The Labute approximate surface area is 81.5 Å². The number of halogens is 1. The van der Waals surface area contributed by atoms with Gasteiger partial charge in [-0.1, -0.05) is 0 Å². The fraction of sp³-hybridized carbons (Fsp3) is 0.500. The van der Waals surface area contributed by atoms with E-state index in [-0.39, 0.29) is 11.8 Å². The molecule has 5 nitrogen and oxygen atoms in total. The molecule has 0 spiro atoms. The van der Waals surface area contributed by atoms with Crippen LogP contribution in [0.15, 0.2) is 0 Å². The van der Waals surface area contributed by atoms with E-state index in [9.17, 15) is 4.39 Å². The topological polar surface area (TPSA) is 47.5 Å². The van der Waals surface area contributed by atoms with Gasteiger partial charge in [-0.3, -0.25) is 0 Å². The van der Waals surface area contributed by atoms with Crippen molar-refractivity contribution in [2.24, 2.45) is 0 Å². The summed E-state index contributed by atoms with van der Waals surface area (Å²) in [6.45, 7) is 0. The molecule has 0 aliphatic rings. The van der Waals surface area contributed by atoms with E-state index >= 15 is 0 Å². The lowest BCUT2D eigenvalue weighted by Gasteiger charge is -2.12. The highest BCUT2D eigenvalue weighted by Crippen LogP contribution is 2.24. The Bertz CT molecular complexity index is 305. The van der Waals surface area contributed by atoms with Crippen molar-refractivity contribution < 1.29 is 13.9 Å². The molecule has 14 heavy (non-hydrogen) atoms. The summed E-state index contributed by atoms with van der Waals surface area (Å²) in [6, 6.07) is 0. The lowest BCUT2D eigenvalue weighted by atomic mass is 10.5. The zero-order chi connectivity index (χ0) is 10.7. The van der Waals surface area contributed by atoms with Crippen LogP contribution in [0, 0.1) is 5.82 Å². The molecule has 0 atom stereocenters. The molecule has 0 aliphatic carbocycles. The fourth-order valence-electron chi connectivity index (χ4n) is 0.867. The Kier molecular flexibility index (Phi) is 3.06. The molecule has 6 heteroatoms. The van der Waals surface area contributed by atoms with E-state index in [1.807, 2.05) is 0 Å². The van der Waals surface area contributed by atoms with Crippen LogP contribution in [0.25, 0.3) is 0 Å². The van der Waals surface area contributed by atoms with Crippen molar-refractivity contribution in [2.75, 3.05) is 33.2 Å². The quantitative estimate of drug-likeness (QED) is 0.720. The average Bonchev–Trinajstić information content (AvgIpc) is 2.17. The number of aromatic nitrogens is 2. The molecule has 1 rings (SSSR count). The van der Waals surface area contributed by atoms with E-state index in [1.165, 1.54) is 14.2 Å². The third-order valence-corrected chi connectivity index (χ3v) is 1.57. The highest BCUT2D eigenvalue weighted by Gasteiger charge is 2.16. The predicted octanol–water partition coefficient (Wildman–Crippen LogP) is 0.699. The molecule has 0 aliphatic heterocycles. The van der Waals surface area contributed by atoms with E-state index in [1.54, 1.807) is 19.0 Å². The third-order valence-electron chi connectivity index (χ3n) is 1.57. The first-order valence-corrected chi connectivity index (χ1v) is 3.93. The van der Waals surface area contributed by atoms with Gasteiger partial charge >= 0.3 is 0 Å². The number of anilines is 1. The monoisotopic (exact) mass is 201 g/mol. The maximum atomic E-state index is 13.3. The molecule has 78 valence electrons. The number of methoxy groups -OCH3 is 2. The molecule has 1 aromatic rings. The minimum atomic E-state index is -0.694. The predicted molar refractivity (Wildman–Crippen MR) is 49.4 cm³/mol. The van der Waals surface area contributed by atoms with Gasteiger partial charge in [-0.2, -0.15) is 14.4 Å². The highest BCUT2D eigenvalue weighted by atomic mass is 19.1. The number of nitrogens with zero attached hydrogens (tertiary/aromatic N) is 3. The fourth-order valence-corrected chi connectivity index (χ4v) is 0.867. The molecule has 0 aromatic carbocycles. The summed E-state index contributed by atoms with van der Waals surface area (Å²) in [6.07, 6.45) is 0. The second-order valence-corrected chi connectivity index (χ2v) is 2.75. The van der Waals surface area contributed by atoms with Crippen LogP contribution < -0.4 is 14.4 Å². The third kappa shape index (κ3) is 1.84. The van der Waals surface area contributed by atoms with Gasteiger partial charge in [0.15, 0.2) is 0 Å². The summed E-state index contributed by atoms with van der Waals surface area (Å²) in [5.74, 6) is -0.609.